The van der Waals surface area contributed by atoms with Crippen LogP contribution in [0.1, 0.15) is 27.0 Å². The quantitative estimate of drug-likeness (QED) is 0.440. The molecule has 216 valence electrons. The fourth-order valence-electron chi connectivity index (χ4n) is 4.41. The monoisotopic (exact) mass is 560 g/mol. The van der Waals surface area contributed by atoms with E-state index in [0.717, 1.165) is 44.4 Å². The first kappa shape index (κ1) is 30.5. The molecule has 0 bridgehead atoms. The van der Waals surface area contributed by atoms with Crippen molar-refractivity contribution in [2.75, 3.05) is 77.9 Å². The number of carbonyl (C=O) groups excluding carboxylic acids is 1. The minimum atomic E-state index is -4.59. The predicted molar refractivity (Wildman–Crippen MR) is 138 cm³/mol. The third kappa shape index (κ3) is 8.48. The second kappa shape index (κ2) is 12.4. The zero-order valence-corrected chi connectivity index (χ0v) is 21.9. The van der Waals surface area contributed by atoms with Crippen LogP contribution in [0.25, 0.3) is 0 Å². The van der Waals surface area contributed by atoms with E-state index in [9.17, 15) is 31.1 Å². The Labute approximate surface area is 223 Å². The summed E-state index contributed by atoms with van der Waals surface area (Å²) in [7, 11) is 3.92. The van der Waals surface area contributed by atoms with Gasteiger partial charge in [-0.25, -0.2) is 0 Å². The van der Waals surface area contributed by atoms with Gasteiger partial charge in [-0.15, -0.1) is 0 Å². The van der Waals surface area contributed by atoms with Gasteiger partial charge in [-0.3, -0.25) is 9.69 Å². The number of hydrogen-bond acceptors (Lipinski definition) is 6. The smallest absolute Gasteiger partial charge is 0.399 e. The molecule has 2 aromatic rings. The van der Waals surface area contributed by atoms with E-state index in [1.54, 1.807) is 0 Å². The molecule has 2 heterocycles. The lowest BCUT2D eigenvalue weighted by Crippen LogP contribution is -2.47. The highest BCUT2D eigenvalue weighted by Crippen LogP contribution is 2.35. The van der Waals surface area contributed by atoms with Gasteiger partial charge >= 0.3 is 12.4 Å². The molecule has 4 N–H and O–H groups in total. The number of anilines is 2. The van der Waals surface area contributed by atoms with Gasteiger partial charge in [-0.05, 0) is 50.0 Å². The number of nitrogens with zero attached hydrogens (tertiary/aromatic N) is 4. The predicted octanol–water partition coefficient (Wildman–Crippen LogP) is 3.71. The maximum absolute atomic E-state index is 13.0. The average Bonchev–Trinajstić information content (AvgIpc) is 2.86. The van der Waals surface area contributed by atoms with Crippen molar-refractivity contribution in [3.63, 3.8) is 0 Å². The number of nitrogen functional groups attached to an aromatic ring is 2. The zero-order valence-electron chi connectivity index (χ0n) is 21.9. The number of alkyl halides is 6. The Morgan fingerprint density at radius 3 is 1.69 bits per heavy atom. The maximum atomic E-state index is 13.0. The molecule has 13 heteroatoms. The molecule has 0 saturated carbocycles. The van der Waals surface area contributed by atoms with Crippen molar-refractivity contribution in [1.29, 1.82) is 0 Å². The van der Waals surface area contributed by atoms with Crippen molar-refractivity contribution in [3.05, 3.63) is 58.7 Å². The van der Waals surface area contributed by atoms with Gasteiger partial charge in [0.2, 0.25) is 0 Å². The van der Waals surface area contributed by atoms with E-state index in [4.69, 9.17) is 11.5 Å². The number of halogens is 6. The molecule has 7 nitrogen and oxygen atoms in total. The van der Waals surface area contributed by atoms with E-state index < -0.39 is 29.4 Å². The molecule has 2 aliphatic rings. The van der Waals surface area contributed by atoms with Crippen LogP contribution >= 0.6 is 0 Å². The van der Waals surface area contributed by atoms with Crippen LogP contribution < -0.4 is 11.5 Å². The number of benzene rings is 2. The Bertz CT molecular complexity index is 1120. The molecule has 2 aliphatic heterocycles. The molecule has 0 atom stereocenters. The van der Waals surface area contributed by atoms with E-state index in [0.29, 0.717) is 38.3 Å². The van der Waals surface area contributed by atoms with Gasteiger partial charge in [0.1, 0.15) is 0 Å². The van der Waals surface area contributed by atoms with Gasteiger partial charge in [0, 0.05) is 70.3 Å². The molecule has 0 unspecified atom stereocenters. The molecule has 2 fully saturated rings. The summed E-state index contributed by atoms with van der Waals surface area (Å²) in [5, 5.41) is 0. The van der Waals surface area contributed by atoms with Gasteiger partial charge in [-0.1, -0.05) is 6.07 Å². The molecule has 39 heavy (non-hydrogen) atoms. The van der Waals surface area contributed by atoms with Crippen LogP contribution in [0.15, 0.2) is 36.4 Å². The van der Waals surface area contributed by atoms with Crippen molar-refractivity contribution in [2.24, 2.45) is 0 Å². The Morgan fingerprint density at radius 2 is 1.18 bits per heavy atom. The SMILES string of the molecule is CN1CCN(C(=O)c2ccc(N)cc2C(F)(F)F)CC1.CN1CCN(Cc2ccc(N)cc2C(F)(F)F)CC1. The van der Waals surface area contributed by atoms with Crippen LogP contribution in [0.2, 0.25) is 0 Å². The first-order chi connectivity index (χ1) is 18.1. The summed E-state index contributed by atoms with van der Waals surface area (Å²) in [6, 6.07) is 7.31. The third-order valence-electron chi connectivity index (χ3n) is 6.80. The largest absolute Gasteiger partial charge is 0.417 e. The molecule has 4 rings (SSSR count). The highest BCUT2D eigenvalue weighted by Gasteiger charge is 2.37. The zero-order chi connectivity index (χ0) is 29.0. The van der Waals surface area contributed by atoms with Crippen LogP contribution in [-0.4, -0.2) is 92.0 Å². The normalized spacial score (nSPS) is 18.0. The van der Waals surface area contributed by atoms with Crippen LogP contribution in [0, 0.1) is 0 Å². The fourth-order valence-corrected chi connectivity index (χ4v) is 4.41. The molecular weight excluding hydrogens is 526 g/mol. The van der Waals surface area contributed by atoms with Gasteiger partial charge in [0.15, 0.2) is 0 Å². The summed E-state index contributed by atoms with van der Waals surface area (Å²) < 4.78 is 77.8. The summed E-state index contributed by atoms with van der Waals surface area (Å²) in [5.41, 5.74) is 9.36. The summed E-state index contributed by atoms with van der Waals surface area (Å²) >= 11 is 0. The molecule has 0 radical (unpaired) electrons. The Morgan fingerprint density at radius 1 is 0.718 bits per heavy atom. The van der Waals surface area contributed by atoms with E-state index in [1.807, 2.05) is 23.9 Å². The Balaban J connectivity index is 0.000000216. The van der Waals surface area contributed by atoms with Gasteiger partial charge < -0.3 is 26.2 Å². The van der Waals surface area contributed by atoms with E-state index in [2.05, 4.69) is 4.90 Å². The summed E-state index contributed by atoms with van der Waals surface area (Å²) in [6.07, 6.45) is -8.94. The minimum absolute atomic E-state index is 0.00717. The molecule has 1 amide bonds. The van der Waals surface area contributed by atoms with Crippen LogP contribution in [0.4, 0.5) is 37.7 Å². The molecule has 0 aromatic heterocycles. The van der Waals surface area contributed by atoms with E-state index in [-0.39, 0.29) is 16.9 Å². The molecular formula is C26H34F6N6O. The van der Waals surface area contributed by atoms with Crippen LogP contribution in [0.5, 0.6) is 0 Å². The lowest BCUT2D eigenvalue weighted by atomic mass is 10.0. The van der Waals surface area contributed by atoms with E-state index >= 15 is 0 Å². The number of rotatable bonds is 3. The first-order valence-corrected chi connectivity index (χ1v) is 12.5. The number of carbonyl (C=O) groups is 1. The van der Waals surface area contributed by atoms with Gasteiger partial charge in [-0.2, -0.15) is 26.3 Å². The van der Waals surface area contributed by atoms with E-state index in [1.165, 1.54) is 23.1 Å². The second-order valence-corrected chi connectivity index (χ2v) is 9.89. The molecule has 2 saturated heterocycles. The lowest BCUT2D eigenvalue weighted by molar-refractivity contribution is -0.139. The van der Waals surface area contributed by atoms with Gasteiger partial charge in [0.25, 0.3) is 5.91 Å². The fraction of sp³-hybridized carbons (Fsp3) is 0.500. The summed E-state index contributed by atoms with van der Waals surface area (Å²) in [5.74, 6) is -0.592. The first-order valence-electron chi connectivity index (χ1n) is 12.5. The van der Waals surface area contributed by atoms with Crippen molar-refractivity contribution >= 4 is 17.3 Å². The van der Waals surface area contributed by atoms with Crippen molar-refractivity contribution in [1.82, 2.24) is 19.6 Å². The molecule has 0 aliphatic carbocycles. The van der Waals surface area contributed by atoms with Crippen molar-refractivity contribution in [2.45, 2.75) is 18.9 Å². The number of hydrogen-bond donors (Lipinski definition) is 2. The maximum Gasteiger partial charge on any atom is 0.417 e. The van der Waals surface area contributed by atoms with Crippen LogP contribution in [0.3, 0.4) is 0 Å². The lowest BCUT2D eigenvalue weighted by Gasteiger charge is -2.33. The summed E-state index contributed by atoms with van der Waals surface area (Å²) in [6.45, 7) is 5.84. The average molecular weight is 561 g/mol. The third-order valence-corrected chi connectivity index (χ3v) is 6.80. The Kier molecular flexibility index (Phi) is 9.73. The van der Waals surface area contributed by atoms with Crippen LogP contribution in [-0.2, 0) is 18.9 Å². The highest BCUT2D eigenvalue weighted by molar-refractivity contribution is 5.96. The second-order valence-electron chi connectivity index (χ2n) is 9.89. The minimum Gasteiger partial charge on any atom is -0.399 e. The number of piperazine rings is 2. The van der Waals surface area contributed by atoms with Crippen molar-refractivity contribution < 1.29 is 31.1 Å². The summed E-state index contributed by atoms with van der Waals surface area (Å²) in [4.78, 5) is 19.9. The van der Waals surface area contributed by atoms with Gasteiger partial charge in [0.05, 0.1) is 16.7 Å². The van der Waals surface area contributed by atoms with Crippen molar-refractivity contribution in [3.8, 4) is 0 Å². The number of likely N-dealkylation sites (N-methyl/N-ethyl adjacent to an activating group) is 2. The molecule has 2 aromatic carbocycles. The number of nitrogens with two attached hydrogens (primary N) is 2. The highest BCUT2D eigenvalue weighted by atomic mass is 19.4. The molecule has 0 spiro atoms. The number of amides is 1. The Hall–Kier alpha value is -3.03. The standard InChI is InChI=1S/C13H16F3N3O.C13H18F3N3/c1-18-4-6-19(7-5-18)12(20)10-3-2-9(17)8-11(10)13(14,15)16;1-18-4-6-19(7-5-18)9-10-2-3-11(17)8-12(10)13(14,15)16/h2-3,8H,4-7,17H2,1H3;2-3,8H,4-7,9,17H2,1H3. The topological polar surface area (TPSA) is 82.1 Å².